The quantitative estimate of drug-likeness (QED) is 0.482. The second kappa shape index (κ2) is 7.50. The fraction of sp³-hybridized carbons (Fsp3) is 0.105. The summed E-state index contributed by atoms with van der Waals surface area (Å²) in [6.07, 6.45) is 1.85. The molecule has 0 saturated heterocycles. The van der Waals surface area contributed by atoms with E-state index in [0.717, 1.165) is 22.3 Å². The zero-order valence-electron chi connectivity index (χ0n) is 13.9. The number of pyridine rings is 1. The first-order chi connectivity index (χ1) is 13.1. The van der Waals surface area contributed by atoms with Crippen LogP contribution in [0.1, 0.15) is 10.6 Å². The van der Waals surface area contributed by atoms with Gasteiger partial charge in [-0.15, -0.1) is 11.3 Å². The highest BCUT2D eigenvalue weighted by molar-refractivity contribution is 7.22. The number of thiophene rings is 1. The SMILES string of the molecule is O=C(Cc1cccs1)N(Cc1ccccn1)c1nc2c(F)cc(F)cc2s1. The van der Waals surface area contributed by atoms with Crippen molar-refractivity contribution in [3.8, 4) is 0 Å². The summed E-state index contributed by atoms with van der Waals surface area (Å²) in [5.74, 6) is -1.59. The Hall–Kier alpha value is -2.71. The minimum absolute atomic E-state index is 0.0614. The van der Waals surface area contributed by atoms with Crippen LogP contribution in [-0.2, 0) is 17.8 Å². The number of rotatable bonds is 5. The Labute approximate surface area is 161 Å². The van der Waals surface area contributed by atoms with Gasteiger partial charge in [-0.3, -0.25) is 14.7 Å². The van der Waals surface area contributed by atoms with Crippen LogP contribution in [0.15, 0.2) is 54.0 Å². The first-order valence-electron chi connectivity index (χ1n) is 8.08. The highest BCUT2D eigenvalue weighted by Crippen LogP contribution is 2.32. The molecule has 3 aromatic heterocycles. The Morgan fingerprint density at radius 1 is 1.15 bits per heavy atom. The van der Waals surface area contributed by atoms with Gasteiger partial charge in [0.05, 0.1) is 23.4 Å². The predicted molar refractivity (Wildman–Crippen MR) is 103 cm³/mol. The molecule has 0 fully saturated rings. The van der Waals surface area contributed by atoms with Crippen molar-refractivity contribution in [3.63, 3.8) is 0 Å². The van der Waals surface area contributed by atoms with Crippen molar-refractivity contribution in [2.24, 2.45) is 0 Å². The average molecular weight is 401 g/mol. The normalized spacial score (nSPS) is 11.0. The molecule has 4 rings (SSSR count). The van der Waals surface area contributed by atoms with E-state index in [1.165, 1.54) is 22.3 Å². The smallest absolute Gasteiger partial charge is 0.234 e. The number of fused-ring (bicyclic) bond motifs is 1. The van der Waals surface area contributed by atoms with Gasteiger partial charge in [0, 0.05) is 17.1 Å². The van der Waals surface area contributed by atoms with E-state index in [1.54, 1.807) is 18.3 Å². The molecule has 0 aliphatic carbocycles. The van der Waals surface area contributed by atoms with E-state index in [4.69, 9.17) is 0 Å². The maximum atomic E-state index is 14.0. The molecule has 0 spiro atoms. The Balaban J connectivity index is 1.72. The molecule has 0 unspecified atom stereocenters. The van der Waals surface area contributed by atoms with Gasteiger partial charge in [0.25, 0.3) is 0 Å². The van der Waals surface area contributed by atoms with Gasteiger partial charge in [-0.05, 0) is 29.6 Å². The van der Waals surface area contributed by atoms with E-state index in [1.807, 2.05) is 23.6 Å². The first-order valence-corrected chi connectivity index (χ1v) is 9.78. The molecule has 1 amide bonds. The summed E-state index contributed by atoms with van der Waals surface area (Å²) in [4.78, 5) is 23.9. The lowest BCUT2D eigenvalue weighted by Crippen LogP contribution is -2.31. The van der Waals surface area contributed by atoms with Crippen molar-refractivity contribution in [1.82, 2.24) is 9.97 Å². The monoisotopic (exact) mass is 401 g/mol. The van der Waals surface area contributed by atoms with E-state index in [2.05, 4.69) is 9.97 Å². The van der Waals surface area contributed by atoms with E-state index >= 15 is 0 Å². The highest BCUT2D eigenvalue weighted by Gasteiger charge is 2.22. The van der Waals surface area contributed by atoms with Crippen LogP contribution in [0.3, 0.4) is 0 Å². The predicted octanol–water partition coefficient (Wildman–Crippen LogP) is 4.81. The number of anilines is 1. The summed E-state index contributed by atoms with van der Waals surface area (Å²) < 4.78 is 27.9. The molecule has 0 aliphatic rings. The second-order valence-electron chi connectivity index (χ2n) is 5.79. The Morgan fingerprint density at radius 3 is 2.78 bits per heavy atom. The molecule has 27 heavy (non-hydrogen) atoms. The summed E-state index contributed by atoms with van der Waals surface area (Å²) in [5.41, 5.74) is 0.745. The van der Waals surface area contributed by atoms with Crippen molar-refractivity contribution in [2.45, 2.75) is 13.0 Å². The largest absolute Gasteiger partial charge is 0.282 e. The van der Waals surface area contributed by atoms with E-state index in [9.17, 15) is 13.6 Å². The number of halogens is 2. The van der Waals surface area contributed by atoms with Crippen molar-refractivity contribution >= 4 is 43.9 Å². The number of nitrogens with zero attached hydrogens (tertiary/aromatic N) is 3. The van der Waals surface area contributed by atoms with Gasteiger partial charge in [0.2, 0.25) is 5.91 Å². The van der Waals surface area contributed by atoms with Crippen molar-refractivity contribution < 1.29 is 13.6 Å². The average Bonchev–Trinajstić information content (AvgIpc) is 3.30. The van der Waals surface area contributed by atoms with Crippen LogP contribution in [0.25, 0.3) is 10.2 Å². The number of carbonyl (C=O) groups excluding carboxylic acids is 1. The second-order valence-corrected chi connectivity index (χ2v) is 7.83. The Morgan fingerprint density at radius 2 is 2.04 bits per heavy atom. The molecule has 1 aromatic carbocycles. The van der Waals surface area contributed by atoms with Gasteiger partial charge in [0.15, 0.2) is 10.9 Å². The summed E-state index contributed by atoms with van der Waals surface area (Å²) in [5, 5.41) is 2.23. The Kier molecular flexibility index (Phi) is 4.91. The molecular formula is C19H13F2N3OS2. The van der Waals surface area contributed by atoms with E-state index in [0.29, 0.717) is 15.5 Å². The fourth-order valence-corrected chi connectivity index (χ4v) is 4.35. The molecule has 0 N–H and O–H groups in total. The van der Waals surface area contributed by atoms with E-state index < -0.39 is 11.6 Å². The number of carbonyl (C=O) groups is 1. The highest BCUT2D eigenvalue weighted by atomic mass is 32.1. The Bertz CT molecular complexity index is 1080. The molecule has 0 atom stereocenters. The minimum Gasteiger partial charge on any atom is -0.282 e. The molecule has 8 heteroatoms. The van der Waals surface area contributed by atoms with Gasteiger partial charge in [-0.2, -0.15) is 0 Å². The zero-order chi connectivity index (χ0) is 18.8. The lowest BCUT2D eigenvalue weighted by Gasteiger charge is -2.19. The van der Waals surface area contributed by atoms with Crippen molar-refractivity contribution in [2.75, 3.05) is 4.90 Å². The lowest BCUT2D eigenvalue weighted by molar-refractivity contribution is -0.118. The van der Waals surface area contributed by atoms with Crippen LogP contribution in [0.2, 0.25) is 0 Å². The number of hydrogen-bond donors (Lipinski definition) is 0. The molecular weight excluding hydrogens is 388 g/mol. The molecule has 136 valence electrons. The van der Waals surface area contributed by atoms with Crippen molar-refractivity contribution in [3.05, 3.63) is 76.2 Å². The molecule has 0 radical (unpaired) electrons. The summed E-state index contributed by atoms with van der Waals surface area (Å²) in [6, 6.07) is 11.2. The number of thiazole rings is 1. The van der Waals surface area contributed by atoms with Crippen LogP contribution in [0.4, 0.5) is 13.9 Å². The van der Waals surface area contributed by atoms with Crippen LogP contribution < -0.4 is 4.90 Å². The summed E-state index contributed by atoms with van der Waals surface area (Å²) in [6.45, 7) is 0.203. The summed E-state index contributed by atoms with van der Waals surface area (Å²) in [7, 11) is 0. The van der Waals surface area contributed by atoms with Gasteiger partial charge in [-0.25, -0.2) is 13.8 Å². The van der Waals surface area contributed by atoms with E-state index in [-0.39, 0.29) is 24.4 Å². The standard InChI is InChI=1S/C19H13F2N3OS2/c20-12-8-15(21)18-16(9-12)27-19(23-18)24(11-13-4-1-2-6-22-13)17(25)10-14-5-3-7-26-14/h1-9H,10-11H2. The van der Waals surface area contributed by atoms with Gasteiger partial charge < -0.3 is 0 Å². The first kappa shape index (κ1) is 17.7. The topological polar surface area (TPSA) is 46.1 Å². The van der Waals surface area contributed by atoms with Crippen LogP contribution in [-0.4, -0.2) is 15.9 Å². The summed E-state index contributed by atoms with van der Waals surface area (Å²) >= 11 is 2.57. The van der Waals surface area contributed by atoms with Crippen LogP contribution >= 0.6 is 22.7 Å². The maximum Gasteiger partial charge on any atom is 0.234 e. The maximum absolute atomic E-state index is 14.0. The zero-order valence-corrected chi connectivity index (χ0v) is 15.6. The lowest BCUT2D eigenvalue weighted by atomic mass is 10.3. The molecule has 0 saturated carbocycles. The molecule has 4 aromatic rings. The molecule has 0 aliphatic heterocycles. The van der Waals surface area contributed by atoms with Crippen LogP contribution in [0, 0.1) is 11.6 Å². The van der Waals surface area contributed by atoms with Crippen molar-refractivity contribution in [1.29, 1.82) is 0 Å². The fourth-order valence-electron chi connectivity index (χ4n) is 2.63. The molecule has 4 nitrogen and oxygen atoms in total. The third kappa shape index (κ3) is 3.86. The van der Waals surface area contributed by atoms with Gasteiger partial charge in [-0.1, -0.05) is 23.5 Å². The van der Waals surface area contributed by atoms with Crippen LogP contribution in [0.5, 0.6) is 0 Å². The van der Waals surface area contributed by atoms with Gasteiger partial charge in [0.1, 0.15) is 11.3 Å². The third-order valence-corrected chi connectivity index (χ3v) is 5.79. The third-order valence-electron chi connectivity index (χ3n) is 3.89. The number of aromatic nitrogens is 2. The number of benzene rings is 1. The van der Waals surface area contributed by atoms with Gasteiger partial charge >= 0.3 is 0 Å². The minimum atomic E-state index is -0.740. The number of hydrogen-bond acceptors (Lipinski definition) is 5. The number of amides is 1. The molecule has 0 bridgehead atoms. The molecule has 3 heterocycles.